The van der Waals surface area contributed by atoms with Crippen molar-refractivity contribution in [1.82, 2.24) is 19.7 Å². The highest BCUT2D eigenvalue weighted by Crippen LogP contribution is 2.30. The summed E-state index contributed by atoms with van der Waals surface area (Å²) in [6.07, 6.45) is 5.04. The molecule has 1 aliphatic carbocycles. The number of benzene rings is 1. The summed E-state index contributed by atoms with van der Waals surface area (Å²) >= 11 is 0. The van der Waals surface area contributed by atoms with Gasteiger partial charge in [0.1, 0.15) is 18.0 Å². The maximum Gasteiger partial charge on any atom is 0.267 e. The number of anilines is 1. The highest BCUT2D eigenvalue weighted by atomic mass is 19.1. The molecule has 0 spiro atoms. The van der Waals surface area contributed by atoms with E-state index in [1.54, 1.807) is 22.9 Å². The first kappa shape index (κ1) is 16.6. The quantitative estimate of drug-likeness (QED) is 0.783. The summed E-state index contributed by atoms with van der Waals surface area (Å²) < 4.78 is 15.0. The lowest BCUT2D eigenvalue weighted by Gasteiger charge is -2.30. The second-order valence-corrected chi connectivity index (χ2v) is 6.79. The summed E-state index contributed by atoms with van der Waals surface area (Å²) in [5.41, 5.74) is 1.40. The van der Waals surface area contributed by atoms with E-state index < -0.39 is 0 Å². The molecule has 1 aliphatic rings. The standard InChI is InChI=1S/C19H20FN5O/c1-12-2-9-18(26)25(24-12)15-6-4-14(5-7-15)23-19-16-8-3-13(20)10-17(16)21-11-22-19/h2-3,8-11,14-15H,4-7H2,1H3,(H,21,22,23). The minimum absolute atomic E-state index is 0.0455. The van der Waals surface area contributed by atoms with Crippen LogP contribution in [0.1, 0.15) is 37.4 Å². The molecule has 0 amide bonds. The molecule has 0 bridgehead atoms. The molecule has 1 aromatic carbocycles. The van der Waals surface area contributed by atoms with Gasteiger partial charge in [0.05, 0.1) is 17.3 Å². The zero-order valence-electron chi connectivity index (χ0n) is 14.5. The second kappa shape index (κ2) is 6.82. The topological polar surface area (TPSA) is 72.7 Å². The third kappa shape index (κ3) is 3.29. The molecular formula is C19H20FN5O. The van der Waals surface area contributed by atoms with Gasteiger partial charge in [-0.05, 0) is 50.8 Å². The Kier molecular flexibility index (Phi) is 4.36. The van der Waals surface area contributed by atoms with Crippen LogP contribution in [0.15, 0.2) is 41.5 Å². The number of nitrogens with zero attached hydrogens (tertiary/aromatic N) is 4. The molecule has 2 aromatic heterocycles. The van der Waals surface area contributed by atoms with Crippen molar-refractivity contribution < 1.29 is 4.39 Å². The van der Waals surface area contributed by atoms with Crippen LogP contribution in [-0.4, -0.2) is 25.8 Å². The van der Waals surface area contributed by atoms with Crippen molar-refractivity contribution in [2.75, 3.05) is 5.32 Å². The van der Waals surface area contributed by atoms with E-state index in [1.165, 1.54) is 18.5 Å². The van der Waals surface area contributed by atoms with E-state index in [0.717, 1.165) is 42.6 Å². The Morgan fingerprint density at radius 1 is 1.12 bits per heavy atom. The molecule has 3 aromatic rings. The molecule has 134 valence electrons. The van der Waals surface area contributed by atoms with E-state index >= 15 is 0 Å². The number of hydrogen-bond acceptors (Lipinski definition) is 5. The number of nitrogens with one attached hydrogen (secondary N) is 1. The highest BCUT2D eigenvalue weighted by Gasteiger charge is 2.24. The van der Waals surface area contributed by atoms with Crippen molar-refractivity contribution in [2.24, 2.45) is 0 Å². The molecule has 0 saturated heterocycles. The minimum Gasteiger partial charge on any atom is -0.367 e. The molecule has 0 atom stereocenters. The van der Waals surface area contributed by atoms with Gasteiger partial charge in [0.25, 0.3) is 5.56 Å². The van der Waals surface area contributed by atoms with Crippen LogP contribution in [0.25, 0.3) is 10.9 Å². The van der Waals surface area contributed by atoms with Crippen LogP contribution in [-0.2, 0) is 0 Å². The van der Waals surface area contributed by atoms with Crippen LogP contribution in [0, 0.1) is 12.7 Å². The third-order valence-electron chi connectivity index (χ3n) is 4.94. The fraction of sp³-hybridized carbons (Fsp3) is 0.368. The molecule has 1 saturated carbocycles. The van der Waals surface area contributed by atoms with Gasteiger partial charge < -0.3 is 5.32 Å². The Morgan fingerprint density at radius 3 is 2.73 bits per heavy atom. The van der Waals surface area contributed by atoms with Gasteiger partial charge in [-0.1, -0.05) is 0 Å². The molecule has 0 radical (unpaired) electrons. The maximum atomic E-state index is 13.4. The smallest absolute Gasteiger partial charge is 0.267 e. The fourth-order valence-electron chi connectivity index (χ4n) is 3.59. The first-order valence-electron chi connectivity index (χ1n) is 8.83. The number of rotatable bonds is 3. The van der Waals surface area contributed by atoms with Gasteiger partial charge in [0.15, 0.2) is 0 Å². The molecule has 0 aliphatic heterocycles. The van der Waals surface area contributed by atoms with E-state index in [1.807, 2.05) is 6.92 Å². The van der Waals surface area contributed by atoms with Crippen molar-refractivity contribution in [3.05, 3.63) is 58.5 Å². The summed E-state index contributed by atoms with van der Waals surface area (Å²) in [7, 11) is 0. The van der Waals surface area contributed by atoms with Crippen LogP contribution < -0.4 is 10.9 Å². The van der Waals surface area contributed by atoms with Crippen LogP contribution in [0.2, 0.25) is 0 Å². The molecule has 1 N–H and O–H groups in total. The Hall–Kier alpha value is -2.83. The van der Waals surface area contributed by atoms with Gasteiger partial charge in [-0.3, -0.25) is 4.79 Å². The van der Waals surface area contributed by atoms with Crippen molar-refractivity contribution in [2.45, 2.75) is 44.7 Å². The summed E-state index contributed by atoms with van der Waals surface area (Å²) in [5.74, 6) is 0.419. The zero-order valence-corrected chi connectivity index (χ0v) is 14.5. The molecule has 6 nitrogen and oxygen atoms in total. The summed E-state index contributed by atoms with van der Waals surface area (Å²) in [6, 6.07) is 8.26. The Labute approximate surface area is 150 Å². The Bertz CT molecular complexity index is 995. The minimum atomic E-state index is -0.307. The zero-order chi connectivity index (χ0) is 18.1. The average Bonchev–Trinajstić information content (AvgIpc) is 2.64. The van der Waals surface area contributed by atoms with E-state index in [0.29, 0.717) is 5.52 Å². The molecule has 4 rings (SSSR count). The predicted octanol–water partition coefficient (Wildman–Crippen LogP) is 3.23. The van der Waals surface area contributed by atoms with Crippen molar-refractivity contribution in [3.8, 4) is 0 Å². The van der Waals surface area contributed by atoms with Crippen molar-refractivity contribution >= 4 is 16.7 Å². The highest BCUT2D eigenvalue weighted by molar-refractivity contribution is 5.88. The largest absolute Gasteiger partial charge is 0.367 e. The van der Waals surface area contributed by atoms with E-state index in [4.69, 9.17) is 0 Å². The Morgan fingerprint density at radius 2 is 1.92 bits per heavy atom. The summed E-state index contributed by atoms with van der Waals surface area (Å²) in [4.78, 5) is 20.5. The first-order valence-corrected chi connectivity index (χ1v) is 8.83. The van der Waals surface area contributed by atoms with Gasteiger partial charge in [-0.15, -0.1) is 0 Å². The molecular weight excluding hydrogens is 333 g/mol. The lowest BCUT2D eigenvalue weighted by Crippen LogP contribution is -2.33. The van der Waals surface area contributed by atoms with E-state index in [-0.39, 0.29) is 23.5 Å². The van der Waals surface area contributed by atoms with Crippen LogP contribution in [0.4, 0.5) is 10.2 Å². The third-order valence-corrected chi connectivity index (χ3v) is 4.94. The molecule has 7 heteroatoms. The number of hydrogen-bond donors (Lipinski definition) is 1. The van der Waals surface area contributed by atoms with Gasteiger partial charge in [-0.25, -0.2) is 19.0 Å². The summed E-state index contributed by atoms with van der Waals surface area (Å²) in [5, 5.41) is 8.65. The van der Waals surface area contributed by atoms with Crippen LogP contribution >= 0.6 is 0 Å². The lowest BCUT2D eigenvalue weighted by molar-refractivity contribution is 0.302. The van der Waals surface area contributed by atoms with Gasteiger partial charge >= 0.3 is 0 Å². The number of aryl methyl sites for hydroxylation is 1. The number of aromatic nitrogens is 4. The molecule has 0 unspecified atom stereocenters. The monoisotopic (exact) mass is 353 g/mol. The SMILES string of the molecule is Cc1ccc(=O)n(C2CCC(Nc3ncnc4cc(F)ccc34)CC2)n1. The fourth-order valence-corrected chi connectivity index (χ4v) is 3.59. The lowest BCUT2D eigenvalue weighted by atomic mass is 9.91. The van der Waals surface area contributed by atoms with Gasteiger partial charge in [0, 0.05) is 23.6 Å². The molecule has 26 heavy (non-hydrogen) atoms. The van der Waals surface area contributed by atoms with E-state index in [9.17, 15) is 9.18 Å². The van der Waals surface area contributed by atoms with Crippen LogP contribution in [0.3, 0.4) is 0 Å². The van der Waals surface area contributed by atoms with Crippen molar-refractivity contribution in [3.63, 3.8) is 0 Å². The van der Waals surface area contributed by atoms with Gasteiger partial charge in [-0.2, -0.15) is 5.10 Å². The Balaban J connectivity index is 1.48. The molecule has 1 fully saturated rings. The number of fused-ring (bicyclic) bond motifs is 1. The second-order valence-electron chi connectivity index (χ2n) is 6.79. The van der Waals surface area contributed by atoms with E-state index in [2.05, 4.69) is 20.4 Å². The normalized spacial score (nSPS) is 20.2. The van der Waals surface area contributed by atoms with Crippen molar-refractivity contribution in [1.29, 1.82) is 0 Å². The number of halogens is 1. The maximum absolute atomic E-state index is 13.4. The predicted molar refractivity (Wildman–Crippen MR) is 97.6 cm³/mol. The summed E-state index contributed by atoms with van der Waals surface area (Å²) in [6.45, 7) is 1.90. The molecule has 2 heterocycles. The first-order chi connectivity index (χ1) is 12.6. The average molecular weight is 353 g/mol. The van der Waals surface area contributed by atoms with Crippen LogP contribution in [0.5, 0.6) is 0 Å². The van der Waals surface area contributed by atoms with Gasteiger partial charge in [0.2, 0.25) is 0 Å².